The normalized spacial score (nSPS) is 19.7. The molecule has 0 bridgehead atoms. The number of hydrogen-bond acceptors (Lipinski definition) is 4. The predicted molar refractivity (Wildman–Crippen MR) is 102 cm³/mol. The molecule has 26 heavy (non-hydrogen) atoms. The van der Waals surface area contributed by atoms with E-state index >= 15 is 0 Å². The topological polar surface area (TPSA) is 63.7 Å². The number of ether oxygens (including phenoxy) is 1. The Labute approximate surface area is 154 Å². The highest BCUT2D eigenvalue weighted by atomic mass is 32.2. The molecule has 6 heteroatoms. The molecule has 1 amide bonds. The lowest BCUT2D eigenvalue weighted by Crippen LogP contribution is -2.44. The van der Waals surface area contributed by atoms with Gasteiger partial charge in [-0.05, 0) is 36.6 Å². The van der Waals surface area contributed by atoms with Crippen molar-refractivity contribution in [2.45, 2.75) is 25.5 Å². The summed E-state index contributed by atoms with van der Waals surface area (Å²) in [7, 11) is -1.38. The molecule has 1 fully saturated rings. The summed E-state index contributed by atoms with van der Waals surface area (Å²) >= 11 is 0. The van der Waals surface area contributed by atoms with Crippen molar-refractivity contribution in [3.8, 4) is 16.9 Å². The second-order valence-electron chi connectivity index (χ2n) is 6.66. The van der Waals surface area contributed by atoms with Gasteiger partial charge >= 0.3 is 0 Å². The standard InChI is InChI=1S/C20H23NO4S/c1-15(20(22)21(2)18-12-13-26(23,24)14-18)25-19-10-8-17(9-11-19)16-6-4-3-5-7-16/h3-11,15,18H,12-14H2,1-2H3. The molecule has 138 valence electrons. The molecule has 0 radical (unpaired) electrons. The Balaban J connectivity index is 1.62. The molecular weight excluding hydrogens is 350 g/mol. The van der Waals surface area contributed by atoms with Crippen molar-refractivity contribution in [3.05, 3.63) is 54.6 Å². The monoisotopic (exact) mass is 373 g/mol. The molecule has 2 aromatic carbocycles. The molecule has 1 saturated heterocycles. The van der Waals surface area contributed by atoms with Crippen molar-refractivity contribution in [3.63, 3.8) is 0 Å². The molecule has 1 heterocycles. The lowest BCUT2D eigenvalue weighted by molar-refractivity contribution is -0.138. The molecule has 0 saturated carbocycles. The fourth-order valence-electron chi connectivity index (χ4n) is 3.16. The first kappa shape index (κ1) is 18.5. The van der Waals surface area contributed by atoms with Gasteiger partial charge < -0.3 is 9.64 Å². The van der Waals surface area contributed by atoms with Gasteiger partial charge in [-0.25, -0.2) is 8.42 Å². The van der Waals surface area contributed by atoms with Crippen LogP contribution in [0.25, 0.3) is 11.1 Å². The van der Waals surface area contributed by atoms with E-state index in [4.69, 9.17) is 4.74 Å². The highest BCUT2D eigenvalue weighted by Gasteiger charge is 2.34. The number of hydrogen-bond donors (Lipinski definition) is 0. The van der Waals surface area contributed by atoms with Crippen LogP contribution in [0.3, 0.4) is 0 Å². The fourth-order valence-corrected chi connectivity index (χ4v) is 4.93. The third kappa shape index (κ3) is 4.25. The lowest BCUT2D eigenvalue weighted by atomic mass is 10.1. The van der Waals surface area contributed by atoms with Gasteiger partial charge in [0.1, 0.15) is 5.75 Å². The lowest BCUT2D eigenvalue weighted by Gasteiger charge is -2.26. The Morgan fingerprint density at radius 2 is 1.69 bits per heavy atom. The van der Waals surface area contributed by atoms with Gasteiger partial charge in [-0.1, -0.05) is 42.5 Å². The molecule has 0 N–H and O–H groups in total. The molecule has 2 atom stereocenters. The van der Waals surface area contributed by atoms with E-state index in [1.54, 1.807) is 14.0 Å². The fraction of sp³-hybridized carbons (Fsp3) is 0.350. The van der Waals surface area contributed by atoms with Crippen LogP contribution >= 0.6 is 0 Å². The van der Waals surface area contributed by atoms with Crippen LogP contribution < -0.4 is 4.74 Å². The van der Waals surface area contributed by atoms with Crippen molar-refractivity contribution in [1.29, 1.82) is 0 Å². The number of nitrogens with zero attached hydrogens (tertiary/aromatic N) is 1. The Morgan fingerprint density at radius 1 is 1.08 bits per heavy atom. The highest BCUT2D eigenvalue weighted by Crippen LogP contribution is 2.23. The van der Waals surface area contributed by atoms with Gasteiger partial charge in [0.2, 0.25) is 0 Å². The molecule has 2 unspecified atom stereocenters. The first-order valence-corrected chi connectivity index (χ1v) is 10.5. The first-order valence-electron chi connectivity index (χ1n) is 8.65. The highest BCUT2D eigenvalue weighted by molar-refractivity contribution is 7.91. The van der Waals surface area contributed by atoms with Gasteiger partial charge in [-0.2, -0.15) is 0 Å². The maximum Gasteiger partial charge on any atom is 0.263 e. The summed E-state index contributed by atoms with van der Waals surface area (Å²) in [5.74, 6) is 0.580. The van der Waals surface area contributed by atoms with E-state index in [0.29, 0.717) is 12.2 Å². The Morgan fingerprint density at radius 3 is 2.27 bits per heavy atom. The SMILES string of the molecule is CC(Oc1ccc(-c2ccccc2)cc1)C(=O)N(C)C1CCS(=O)(=O)C1. The number of carbonyl (C=O) groups is 1. The average molecular weight is 373 g/mol. The average Bonchev–Trinajstić information content (AvgIpc) is 3.01. The molecule has 0 spiro atoms. The van der Waals surface area contributed by atoms with Gasteiger partial charge in [0, 0.05) is 13.1 Å². The van der Waals surface area contributed by atoms with Crippen LogP contribution in [0.4, 0.5) is 0 Å². The van der Waals surface area contributed by atoms with E-state index in [1.165, 1.54) is 4.90 Å². The molecule has 0 aromatic heterocycles. The molecule has 2 aromatic rings. The zero-order valence-electron chi connectivity index (χ0n) is 15.0. The molecule has 1 aliphatic rings. The molecule has 0 aliphatic carbocycles. The summed E-state index contributed by atoms with van der Waals surface area (Å²) in [6, 6.07) is 17.3. The van der Waals surface area contributed by atoms with E-state index in [-0.39, 0.29) is 23.5 Å². The smallest absolute Gasteiger partial charge is 0.263 e. The quantitative estimate of drug-likeness (QED) is 0.808. The van der Waals surface area contributed by atoms with Gasteiger partial charge in [0.05, 0.1) is 11.5 Å². The van der Waals surface area contributed by atoms with E-state index in [9.17, 15) is 13.2 Å². The van der Waals surface area contributed by atoms with Crippen molar-refractivity contribution >= 4 is 15.7 Å². The van der Waals surface area contributed by atoms with Crippen LogP contribution in [0.1, 0.15) is 13.3 Å². The van der Waals surface area contributed by atoms with Crippen molar-refractivity contribution in [2.75, 3.05) is 18.6 Å². The van der Waals surface area contributed by atoms with Gasteiger partial charge in [-0.15, -0.1) is 0 Å². The second-order valence-corrected chi connectivity index (χ2v) is 8.89. The summed E-state index contributed by atoms with van der Waals surface area (Å²) in [5.41, 5.74) is 2.19. The zero-order valence-corrected chi connectivity index (χ0v) is 15.8. The van der Waals surface area contributed by atoms with E-state index < -0.39 is 15.9 Å². The third-order valence-electron chi connectivity index (χ3n) is 4.73. The van der Waals surface area contributed by atoms with Crippen LogP contribution in [0.5, 0.6) is 5.75 Å². The summed E-state index contributed by atoms with van der Waals surface area (Å²) in [5, 5.41) is 0. The number of carbonyl (C=O) groups excluding carboxylic acids is 1. The largest absolute Gasteiger partial charge is 0.481 e. The number of amides is 1. The summed E-state index contributed by atoms with van der Waals surface area (Å²) < 4.78 is 29.0. The molecular formula is C20H23NO4S. The zero-order chi connectivity index (χ0) is 18.7. The number of likely N-dealkylation sites (N-methyl/N-ethyl adjacent to an activating group) is 1. The van der Waals surface area contributed by atoms with E-state index in [2.05, 4.69) is 0 Å². The van der Waals surface area contributed by atoms with Gasteiger partial charge in [0.25, 0.3) is 5.91 Å². The van der Waals surface area contributed by atoms with Crippen LogP contribution in [0.2, 0.25) is 0 Å². The van der Waals surface area contributed by atoms with Crippen molar-refractivity contribution < 1.29 is 17.9 Å². The Bertz CT molecular complexity index is 862. The molecule has 3 rings (SSSR count). The summed E-state index contributed by atoms with van der Waals surface area (Å²) in [6.07, 6.45) is -0.186. The summed E-state index contributed by atoms with van der Waals surface area (Å²) in [4.78, 5) is 14.0. The minimum absolute atomic E-state index is 0.0354. The van der Waals surface area contributed by atoms with Crippen LogP contribution in [0, 0.1) is 0 Å². The van der Waals surface area contributed by atoms with Crippen molar-refractivity contribution in [1.82, 2.24) is 4.90 Å². The van der Waals surface area contributed by atoms with Crippen LogP contribution in [-0.2, 0) is 14.6 Å². The Kier molecular flexibility index (Phi) is 5.32. The maximum atomic E-state index is 12.5. The number of rotatable bonds is 5. The third-order valence-corrected chi connectivity index (χ3v) is 6.48. The maximum absolute atomic E-state index is 12.5. The Hall–Kier alpha value is -2.34. The van der Waals surface area contributed by atoms with Crippen LogP contribution in [0.15, 0.2) is 54.6 Å². The molecule has 1 aliphatic heterocycles. The van der Waals surface area contributed by atoms with Crippen LogP contribution in [-0.4, -0.2) is 49.9 Å². The van der Waals surface area contributed by atoms with E-state index in [1.807, 2.05) is 54.6 Å². The van der Waals surface area contributed by atoms with Gasteiger partial charge in [-0.3, -0.25) is 4.79 Å². The summed E-state index contributed by atoms with van der Waals surface area (Å²) in [6.45, 7) is 1.69. The number of sulfone groups is 1. The first-order chi connectivity index (χ1) is 12.4. The second kappa shape index (κ2) is 7.50. The van der Waals surface area contributed by atoms with E-state index in [0.717, 1.165) is 11.1 Å². The van der Waals surface area contributed by atoms with Crippen molar-refractivity contribution in [2.24, 2.45) is 0 Å². The predicted octanol–water partition coefficient (Wildman–Crippen LogP) is 2.77. The molecule has 5 nitrogen and oxygen atoms in total. The number of benzene rings is 2. The minimum atomic E-state index is -3.02. The minimum Gasteiger partial charge on any atom is -0.481 e. The van der Waals surface area contributed by atoms with Gasteiger partial charge in [0.15, 0.2) is 15.9 Å².